The van der Waals surface area contributed by atoms with Gasteiger partial charge in [-0.2, -0.15) is 0 Å². The lowest BCUT2D eigenvalue weighted by atomic mass is 10.1. The maximum atomic E-state index is 12.5. The molecule has 1 atom stereocenters. The van der Waals surface area contributed by atoms with E-state index in [1.54, 1.807) is 0 Å². The van der Waals surface area contributed by atoms with E-state index < -0.39 is 0 Å². The lowest BCUT2D eigenvalue weighted by molar-refractivity contribution is 0.0657. The fraction of sp³-hybridized carbons (Fsp3) is 0.435. The van der Waals surface area contributed by atoms with Crippen molar-refractivity contribution < 1.29 is 19.0 Å². The van der Waals surface area contributed by atoms with Gasteiger partial charge in [0.1, 0.15) is 17.6 Å². The van der Waals surface area contributed by atoms with E-state index in [-0.39, 0.29) is 18.1 Å². The van der Waals surface area contributed by atoms with E-state index in [9.17, 15) is 4.79 Å². The van der Waals surface area contributed by atoms with Crippen molar-refractivity contribution in [1.82, 2.24) is 5.32 Å². The zero-order chi connectivity index (χ0) is 20.1. The van der Waals surface area contributed by atoms with Crippen molar-refractivity contribution >= 4 is 5.91 Å². The molecular weight excluding hydrogens is 354 g/mol. The highest BCUT2D eigenvalue weighted by molar-refractivity contribution is 5.94. The molecule has 0 aliphatic carbocycles. The van der Waals surface area contributed by atoms with Crippen LogP contribution in [0.15, 0.2) is 36.4 Å². The summed E-state index contributed by atoms with van der Waals surface area (Å²) < 4.78 is 17.2. The van der Waals surface area contributed by atoms with Crippen molar-refractivity contribution in [2.45, 2.75) is 59.5 Å². The van der Waals surface area contributed by atoms with E-state index in [2.05, 4.69) is 12.2 Å². The van der Waals surface area contributed by atoms with Crippen LogP contribution < -0.4 is 14.8 Å². The smallest absolute Gasteiger partial charge is 0.251 e. The summed E-state index contributed by atoms with van der Waals surface area (Å²) in [5, 5.41) is 2.98. The molecule has 5 heteroatoms. The number of nitrogens with one attached hydrogen (secondary N) is 1. The van der Waals surface area contributed by atoms with Crippen molar-refractivity contribution in [2.75, 3.05) is 6.61 Å². The highest BCUT2D eigenvalue weighted by Crippen LogP contribution is 2.35. The summed E-state index contributed by atoms with van der Waals surface area (Å²) in [5.74, 6) is 1.57. The Bertz CT molecular complexity index is 814. The first kappa shape index (κ1) is 20.2. The number of carbonyl (C=O) groups excluding carboxylic acids is 1. The number of fused-ring (bicyclic) bond motifs is 1. The van der Waals surface area contributed by atoms with Crippen molar-refractivity contribution in [2.24, 2.45) is 0 Å². The lowest BCUT2D eigenvalue weighted by Gasteiger charge is -2.13. The molecule has 0 aromatic heterocycles. The van der Waals surface area contributed by atoms with Gasteiger partial charge in [0.2, 0.25) is 0 Å². The molecular formula is C23H29NO4. The maximum absolute atomic E-state index is 12.5. The maximum Gasteiger partial charge on any atom is 0.251 e. The molecule has 5 nitrogen and oxygen atoms in total. The number of carbonyl (C=O) groups is 1. The third-order valence-corrected chi connectivity index (χ3v) is 4.62. The second-order valence-corrected chi connectivity index (χ2v) is 7.37. The molecule has 0 radical (unpaired) electrons. The Morgan fingerprint density at radius 2 is 2.00 bits per heavy atom. The van der Waals surface area contributed by atoms with Crippen molar-refractivity contribution in [3.8, 4) is 11.5 Å². The van der Waals surface area contributed by atoms with Gasteiger partial charge in [-0.25, -0.2) is 0 Å². The van der Waals surface area contributed by atoms with E-state index in [0.29, 0.717) is 25.3 Å². The number of rotatable bonds is 8. The minimum Gasteiger partial charge on any atom is -0.494 e. The largest absolute Gasteiger partial charge is 0.494 e. The fourth-order valence-corrected chi connectivity index (χ4v) is 3.20. The Morgan fingerprint density at radius 1 is 1.25 bits per heavy atom. The van der Waals surface area contributed by atoms with Crippen LogP contribution in [0.2, 0.25) is 0 Å². The minimum atomic E-state index is -0.117. The predicted octanol–water partition coefficient (Wildman–Crippen LogP) is 4.26. The van der Waals surface area contributed by atoms with Crippen LogP contribution in [0, 0.1) is 0 Å². The van der Waals surface area contributed by atoms with Gasteiger partial charge in [-0.05, 0) is 57.5 Å². The summed E-state index contributed by atoms with van der Waals surface area (Å²) in [6.45, 7) is 9.53. The second kappa shape index (κ2) is 9.11. The number of hydrogen-bond acceptors (Lipinski definition) is 4. The fourth-order valence-electron chi connectivity index (χ4n) is 3.20. The number of hydrogen-bond donors (Lipinski definition) is 1. The second-order valence-electron chi connectivity index (χ2n) is 7.37. The number of amides is 1. The summed E-state index contributed by atoms with van der Waals surface area (Å²) in [5.41, 5.74) is 3.75. The average Bonchev–Trinajstić information content (AvgIpc) is 3.03. The molecule has 150 valence electrons. The summed E-state index contributed by atoms with van der Waals surface area (Å²) in [4.78, 5) is 12.5. The Kier molecular flexibility index (Phi) is 6.57. The standard InChI is InChI=1S/C23H29NO4/c1-5-26-21-11-19-10-16(4)28-22(19)12-20(21)13-24-23(25)18-8-6-17(7-9-18)14-27-15(2)3/h6-9,11-12,15-16H,5,10,13-14H2,1-4H3,(H,24,25)/t16-/m0/s1. The summed E-state index contributed by atoms with van der Waals surface area (Å²) >= 11 is 0. The normalized spacial score (nSPS) is 15.2. The third-order valence-electron chi connectivity index (χ3n) is 4.62. The van der Waals surface area contributed by atoms with E-state index in [1.165, 1.54) is 0 Å². The van der Waals surface area contributed by atoms with Crippen LogP contribution in [0.3, 0.4) is 0 Å². The molecule has 2 aromatic rings. The molecule has 0 spiro atoms. The molecule has 0 bridgehead atoms. The van der Waals surface area contributed by atoms with Gasteiger partial charge in [0.05, 0.1) is 19.3 Å². The average molecular weight is 383 g/mol. The molecule has 1 heterocycles. The van der Waals surface area contributed by atoms with E-state index in [1.807, 2.05) is 57.2 Å². The SMILES string of the molecule is CCOc1cc2c(cc1CNC(=O)c1ccc(COC(C)C)cc1)O[C@@H](C)C2. The van der Waals surface area contributed by atoms with Crippen LogP contribution >= 0.6 is 0 Å². The highest BCUT2D eigenvalue weighted by Gasteiger charge is 2.22. The zero-order valence-corrected chi connectivity index (χ0v) is 17.1. The van der Waals surface area contributed by atoms with Gasteiger partial charge in [-0.15, -0.1) is 0 Å². The Labute approximate surface area is 167 Å². The van der Waals surface area contributed by atoms with Gasteiger partial charge < -0.3 is 19.5 Å². The lowest BCUT2D eigenvalue weighted by Crippen LogP contribution is -2.23. The summed E-state index contributed by atoms with van der Waals surface area (Å²) in [7, 11) is 0. The molecule has 0 unspecified atom stereocenters. The van der Waals surface area contributed by atoms with Gasteiger partial charge in [-0.1, -0.05) is 12.1 Å². The van der Waals surface area contributed by atoms with Crippen molar-refractivity contribution in [3.05, 3.63) is 58.7 Å². The van der Waals surface area contributed by atoms with Gasteiger partial charge in [0.25, 0.3) is 5.91 Å². The zero-order valence-electron chi connectivity index (χ0n) is 17.1. The topological polar surface area (TPSA) is 56.8 Å². The van der Waals surface area contributed by atoms with E-state index >= 15 is 0 Å². The summed E-state index contributed by atoms with van der Waals surface area (Å²) in [6, 6.07) is 11.5. The van der Waals surface area contributed by atoms with Gasteiger partial charge >= 0.3 is 0 Å². The Morgan fingerprint density at radius 3 is 2.68 bits per heavy atom. The Balaban J connectivity index is 1.65. The molecule has 2 aromatic carbocycles. The predicted molar refractivity (Wildman–Crippen MR) is 109 cm³/mol. The van der Waals surface area contributed by atoms with Crippen LogP contribution in [0.1, 0.15) is 54.7 Å². The van der Waals surface area contributed by atoms with Gasteiger partial charge in [-0.3, -0.25) is 4.79 Å². The first-order chi connectivity index (χ1) is 13.5. The molecule has 1 aliphatic rings. The molecule has 28 heavy (non-hydrogen) atoms. The first-order valence-electron chi connectivity index (χ1n) is 9.90. The highest BCUT2D eigenvalue weighted by atomic mass is 16.5. The molecule has 1 amide bonds. The van der Waals surface area contributed by atoms with Gasteiger partial charge in [0, 0.05) is 29.7 Å². The quantitative estimate of drug-likeness (QED) is 0.740. The minimum absolute atomic E-state index is 0.117. The molecule has 0 fully saturated rings. The number of ether oxygens (including phenoxy) is 3. The van der Waals surface area contributed by atoms with Crippen LogP contribution in [0.4, 0.5) is 0 Å². The molecule has 3 rings (SSSR count). The molecule has 1 aliphatic heterocycles. The molecule has 0 saturated heterocycles. The monoisotopic (exact) mass is 383 g/mol. The third kappa shape index (κ3) is 5.04. The van der Waals surface area contributed by atoms with E-state index in [0.717, 1.165) is 34.6 Å². The molecule has 1 N–H and O–H groups in total. The van der Waals surface area contributed by atoms with Crippen molar-refractivity contribution in [1.29, 1.82) is 0 Å². The molecule has 0 saturated carbocycles. The van der Waals surface area contributed by atoms with Crippen LogP contribution in [-0.4, -0.2) is 24.7 Å². The Hall–Kier alpha value is -2.53. The van der Waals surface area contributed by atoms with Crippen LogP contribution in [-0.2, 0) is 24.3 Å². The van der Waals surface area contributed by atoms with Crippen LogP contribution in [0.5, 0.6) is 11.5 Å². The van der Waals surface area contributed by atoms with Gasteiger partial charge in [0.15, 0.2) is 0 Å². The number of benzene rings is 2. The van der Waals surface area contributed by atoms with Crippen molar-refractivity contribution in [3.63, 3.8) is 0 Å². The van der Waals surface area contributed by atoms with Crippen LogP contribution in [0.25, 0.3) is 0 Å². The first-order valence-corrected chi connectivity index (χ1v) is 9.90. The van der Waals surface area contributed by atoms with E-state index in [4.69, 9.17) is 14.2 Å². The summed E-state index contributed by atoms with van der Waals surface area (Å²) in [6.07, 6.45) is 1.24.